The minimum Gasteiger partial charge on any atom is -0.459 e. The van der Waals surface area contributed by atoms with E-state index < -0.39 is 23.1 Å². The van der Waals surface area contributed by atoms with Gasteiger partial charge in [0.15, 0.2) is 0 Å². The molecule has 23 heavy (non-hydrogen) atoms. The van der Waals surface area contributed by atoms with E-state index in [4.69, 9.17) is 18.9 Å². The second-order valence-electron chi connectivity index (χ2n) is 7.63. The molecule has 2 saturated heterocycles. The Morgan fingerprint density at radius 3 is 1.52 bits per heavy atom. The largest absolute Gasteiger partial charge is 0.459 e. The van der Waals surface area contributed by atoms with Crippen LogP contribution in [0.4, 0.5) is 0 Å². The van der Waals surface area contributed by atoms with Crippen LogP contribution in [0.3, 0.4) is 0 Å². The van der Waals surface area contributed by atoms with E-state index in [2.05, 4.69) is 0 Å². The second-order valence-corrected chi connectivity index (χ2v) is 7.63. The molecule has 2 rings (SSSR count). The highest BCUT2D eigenvalue weighted by Gasteiger charge is 2.32. The van der Waals surface area contributed by atoms with Crippen LogP contribution in [0, 0.1) is 0 Å². The van der Waals surface area contributed by atoms with E-state index in [1.807, 2.05) is 27.7 Å². The lowest BCUT2D eigenvalue weighted by molar-refractivity contribution is -0.168. The molecule has 2 atom stereocenters. The van der Waals surface area contributed by atoms with Crippen LogP contribution in [0.5, 0.6) is 0 Å². The summed E-state index contributed by atoms with van der Waals surface area (Å²) in [5.74, 6) is -1.09. The molecule has 6 nitrogen and oxygen atoms in total. The van der Waals surface area contributed by atoms with Gasteiger partial charge in [-0.05, 0) is 53.4 Å². The summed E-state index contributed by atoms with van der Waals surface area (Å²) in [5, 5.41) is 0. The van der Waals surface area contributed by atoms with Crippen molar-refractivity contribution in [3.05, 3.63) is 0 Å². The first kappa shape index (κ1) is 18.2. The molecule has 2 fully saturated rings. The molecule has 0 aromatic heterocycles. The topological polar surface area (TPSA) is 77.7 Å². The number of esters is 2. The standard InChI is InChI=1S/C17H28O6/c1-16(2,7-5-12-10-20-12)22-14(18)9-15(19)23-17(3,4)8-6-13-11-21-13/h12-13H,5-11H2,1-4H3. The van der Waals surface area contributed by atoms with E-state index >= 15 is 0 Å². The van der Waals surface area contributed by atoms with Crippen LogP contribution in [-0.2, 0) is 28.5 Å². The van der Waals surface area contributed by atoms with Gasteiger partial charge >= 0.3 is 11.9 Å². The second kappa shape index (κ2) is 7.18. The Bertz CT molecular complexity index is 394. The predicted octanol–water partition coefficient (Wildman–Crippen LogP) is 2.38. The summed E-state index contributed by atoms with van der Waals surface area (Å²) in [7, 11) is 0. The van der Waals surface area contributed by atoms with Crippen molar-refractivity contribution < 1.29 is 28.5 Å². The molecule has 0 aromatic carbocycles. The zero-order valence-electron chi connectivity index (χ0n) is 14.6. The number of hydrogen-bond acceptors (Lipinski definition) is 6. The van der Waals surface area contributed by atoms with Gasteiger partial charge in [-0.25, -0.2) is 0 Å². The van der Waals surface area contributed by atoms with Crippen LogP contribution in [0.2, 0.25) is 0 Å². The predicted molar refractivity (Wildman–Crippen MR) is 82.9 cm³/mol. The smallest absolute Gasteiger partial charge is 0.317 e. The van der Waals surface area contributed by atoms with Gasteiger partial charge in [0.05, 0.1) is 25.4 Å². The van der Waals surface area contributed by atoms with Gasteiger partial charge < -0.3 is 18.9 Å². The van der Waals surface area contributed by atoms with Crippen molar-refractivity contribution in [2.75, 3.05) is 13.2 Å². The number of ether oxygens (including phenoxy) is 4. The Balaban J connectivity index is 1.66. The normalized spacial score (nSPS) is 23.3. The van der Waals surface area contributed by atoms with Crippen LogP contribution < -0.4 is 0 Å². The zero-order valence-corrected chi connectivity index (χ0v) is 14.6. The maximum absolute atomic E-state index is 11.9. The maximum atomic E-state index is 11.9. The van der Waals surface area contributed by atoms with Crippen molar-refractivity contribution >= 4 is 11.9 Å². The first-order valence-electron chi connectivity index (χ1n) is 8.32. The molecule has 0 saturated carbocycles. The van der Waals surface area contributed by atoms with Gasteiger partial charge in [-0.15, -0.1) is 0 Å². The fourth-order valence-corrected chi connectivity index (χ4v) is 2.40. The van der Waals surface area contributed by atoms with E-state index in [1.165, 1.54) is 0 Å². The molecule has 0 N–H and O–H groups in total. The van der Waals surface area contributed by atoms with Crippen molar-refractivity contribution in [1.82, 2.24) is 0 Å². The molecule has 0 bridgehead atoms. The van der Waals surface area contributed by atoms with Gasteiger partial charge in [0, 0.05) is 0 Å². The number of hydrogen-bond donors (Lipinski definition) is 0. The lowest BCUT2D eigenvalue weighted by Crippen LogP contribution is -2.32. The molecule has 2 aliphatic heterocycles. The summed E-state index contributed by atoms with van der Waals surface area (Å²) < 4.78 is 21.1. The molecular formula is C17H28O6. The van der Waals surface area contributed by atoms with Crippen molar-refractivity contribution in [3.8, 4) is 0 Å². The van der Waals surface area contributed by atoms with Gasteiger partial charge in [0.1, 0.15) is 17.6 Å². The Kier molecular flexibility index (Phi) is 5.68. The van der Waals surface area contributed by atoms with Crippen LogP contribution in [0.1, 0.15) is 59.8 Å². The highest BCUT2D eigenvalue weighted by molar-refractivity contribution is 5.91. The lowest BCUT2D eigenvalue weighted by atomic mass is 10.0. The molecule has 2 unspecified atom stereocenters. The minimum atomic E-state index is -0.595. The summed E-state index contributed by atoms with van der Waals surface area (Å²) in [6.07, 6.45) is 3.40. The average Bonchev–Trinajstić information content (AvgIpc) is 3.25. The minimum absolute atomic E-state index is 0.300. The van der Waals surface area contributed by atoms with Gasteiger partial charge in [-0.3, -0.25) is 9.59 Å². The third-order valence-electron chi connectivity index (χ3n) is 4.01. The Morgan fingerprint density at radius 1 is 0.870 bits per heavy atom. The van der Waals surface area contributed by atoms with Gasteiger partial charge in [-0.2, -0.15) is 0 Å². The Morgan fingerprint density at radius 2 is 1.22 bits per heavy atom. The first-order valence-corrected chi connectivity index (χ1v) is 8.32. The van der Waals surface area contributed by atoms with Gasteiger partial charge in [0.25, 0.3) is 0 Å². The molecule has 6 heteroatoms. The fraction of sp³-hybridized carbons (Fsp3) is 0.882. The molecule has 0 aromatic rings. The number of rotatable bonds is 10. The van der Waals surface area contributed by atoms with E-state index in [0.717, 1.165) is 26.1 Å². The van der Waals surface area contributed by atoms with Crippen molar-refractivity contribution in [2.24, 2.45) is 0 Å². The quantitative estimate of drug-likeness (QED) is 0.348. The van der Waals surface area contributed by atoms with Crippen LogP contribution >= 0.6 is 0 Å². The molecule has 2 aliphatic rings. The average molecular weight is 328 g/mol. The molecule has 2 heterocycles. The SMILES string of the molecule is CC(C)(CCC1CO1)OC(=O)CC(=O)OC(C)(C)CCC1CO1. The molecule has 132 valence electrons. The third-order valence-corrected chi connectivity index (χ3v) is 4.01. The van der Waals surface area contributed by atoms with E-state index in [-0.39, 0.29) is 6.42 Å². The van der Waals surface area contributed by atoms with Crippen molar-refractivity contribution in [3.63, 3.8) is 0 Å². The number of carbonyl (C=O) groups is 2. The summed E-state index contributed by atoms with van der Waals surface area (Å²) in [6.45, 7) is 8.96. The molecule has 0 radical (unpaired) electrons. The first-order chi connectivity index (χ1) is 10.7. The third kappa shape index (κ3) is 7.79. The summed E-state index contributed by atoms with van der Waals surface area (Å²) >= 11 is 0. The highest BCUT2D eigenvalue weighted by atomic mass is 16.6. The molecule has 0 spiro atoms. The van der Waals surface area contributed by atoms with E-state index in [9.17, 15) is 9.59 Å². The summed E-state index contributed by atoms with van der Waals surface area (Å²) in [5.41, 5.74) is -1.19. The highest BCUT2D eigenvalue weighted by Crippen LogP contribution is 2.26. The van der Waals surface area contributed by atoms with Crippen LogP contribution in [0.15, 0.2) is 0 Å². The Labute approximate surface area is 137 Å². The van der Waals surface area contributed by atoms with Crippen LogP contribution in [0.25, 0.3) is 0 Å². The molecule has 0 amide bonds. The van der Waals surface area contributed by atoms with Crippen LogP contribution in [-0.4, -0.2) is 48.6 Å². The van der Waals surface area contributed by atoms with E-state index in [0.29, 0.717) is 25.0 Å². The van der Waals surface area contributed by atoms with Crippen molar-refractivity contribution in [2.45, 2.75) is 83.2 Å². The summed E-state index contributed by atoms with van der Waals surface area (Å²) in [6, 6.07) is 0. The number of epoxide rings is 2. The fourth-order valence-electron chi connectivity index (χ4n) is 2.40. The monoisotopic (exact) mass is 328 g/mol. The van der Waals surface area contributed by atoms with E-state index in [1.54, 1.807) is 0 Å². The maximum Gasteiger partial charge on any atom is 0.317 e. The lowest BCUT2D eigenvalue weighted by Gasteiger charge is -2.26. The van der Waals surface area contributed by atoms with Gasteiger partial charge in [-0.1, -0.05) is 0 Å². The molecular weight excluding hydrogens is 300 g/mol. The van der Waals surface area contributed by atoms with Crippen molar-refractivity contribution in [1.29, 1.82) is 0 Å². The Hall–Kier alpha value is -1.14. The number of carbonyl (C=O) groups excluding carboxylic acids is 2. The summed E-state index contributed by atoms with van der Waals surface area (Å²) in [4.78, 5) is 23.8. The zero-order chi connectivity index (χ0) is 17.1. The molecule has 0 aliphatic carbocycles. The van der Waals surface area contributed by atoms with Gasteiger partial charge in [0.2, 0.25) is 0 Å².